The highest BCUT2D eigenvalue weighted by Gasteiger charge is 2.28. The molecule has 0 heterocycles. The summed E-state index contributed by atoms with van der Waals surface area (Å²) in [6, 6.07) is 7.98. The van der Waals surface area contributed by atoms with Crippen LogP contribution in [0.15, 0.2) is 29.2 Å². The molecule has 114 valence electrons. The molecule has 6 heteroatoms. The minimum atomic E-state index is -3.32. The van der Waals surface area contributed by atoms with Gasteiger partial charge in [0.1, 0.15) is 0 Å². The fourth-order valence-electron chi connectivity index (χ4n) is 2.51. The summed E-state index contributed by atoms with van der Waals surface area (Å²) in [6.07, 6.45) is 1.45. The summed E-state index contributed by atoms with van der Waals surface area (Å²) in [4.78, 5) is 2.26. The first-order chi connectivity index (χ1) is 9.90. The lowest BCUT2D eigenvalue weighted by Gasteiger charge is -2.34. The van der Waals surface area contributed by atoms with Gasteiger partial charge in [-0.05, 0) is 50.1 Å². The maximum Gasteiger partial charge on any atom is 0.179 e. The van der Waals surface area contributed by atoms with E-state index in [0.717, 1.165) is 19.4 Å². The Bertz CT molecular complexity index is 613. The van der Waals surface area contributed by atoms with Gasteiger partial charge in [0.15, 0.2) is 9.84 Å². The Kier molecular flexibility index (Phi) is 4.99. The van der Waals surface area contributed by atoms with E-state index in [2.05, 4.69) is 0 Å². The molecule has 0 radical (unpaired) electrons. The lowest BCUT2D eigenvalue weighted by Crippen LogP contribution is -2.38. The number of nitrogens with zero attached hydrogens (tertiary/aromatic N) is 2. The quantitative estimate of drug-likeness (QED) is 0.849. The van der Waals surface area contributed by atoms with Crippen LogP contribution in [0, 0.1) is 17.2 Å². The zero-order valence-electron chi connectivity index (χ0n) is 12.1. The maximum atomic E-state index is 12.2. The van der Waals surface area contributed by atoms with Gasteiger partial charge in [0, 0.05) is 13.1 Å². The van der Waals surface area contributed by atoms with E-state index in [9.17, 15) is 13.5 Å². The van der Waals surface area contributed by atoms with Crippen LogP contribution in [0.4, 0.5) is 0 Å². The molecule has 1 aromatic rings. The van der Waals surface area contributed by atoms with Crippen LogP contribution in [0.25, 0.3) is 0 Å². The van der Waals surface area contributed by atoms with Crippen LogP contribution in [0.1, 0.15) is 18.4 Å². The second-order valence-corrected chi connectivity index (χ2v) is 7.82. The van der Waals surface area contributed by atoms with E-state index in [0.29, 0.717) is 18.0 Å². The Labute approximate surface area is 125 Å². The van der Waals surface area contributed by atoms with Gasteiger partial charge in [-0.1, -0.05) is 0 Å². The number of hydrogen-bond donors (Lipinski definition) is 1. The highest BCUT2D eigenvalue weighted by Crippen LogP contribution is 2.27. The second-order valence-electron chi connectivity index (χ2n) is 5.71. The summed E-state index contributed by atoms with van der Waals surface area (Å²) < 4.78 is 24.4. The van der Waals surface area contributed by atoms with Crippen LogP contribution in [0.2, 0.25) is 0 Å². The van der Waals surface area contributed by atoms with E-state index in [1.165, 1.54) is 24.3 Å². The third-order valence-corrected chi connectivity index (χ3v) is 5.58. The zero-order valence-corrected chi connectivity index (χ0v) is 12.9. The number of benzene rings is 1. The van der Waals surface area contributed by atoms with Gasteiger partial charge in [-0.15, -0.1) is 0 Å². The maximum absolute atomic E-state index is 12.2. The number of hydrogen-bond acceptors (Lipinski definition) is 5. The summed E-state index contributed by atoms with van der Waals surface area (Å²) >= 11 is 0. The topological polar surface area (TPSA) is 81.4 Å². The highest BCUT2D eigenvalue weighted by atomic mass is 32.2. The molecule has 2 rings (SSSR count). The molecule has 1 saturated carbocycles. The molecular weight excluding hydrogens is 288 g/mol. The lowest BCUT2D eigenvalue weighted by atomic mass is 9.82. The van der Waals surface area contributed by atoms with Crippen LogP contribution in [0.3, 0.4) is 0 Å². The van der Waals surface area contributed by atoms with E-state index in [1.807, 2.05) is 18.0 Å². The minimum absolute atomic E-state index is 0.0602. The van der Waals surface area contributed by atoms with Crippen LogP contribution >= 0.6 is 0 Å². The predicted octanol–water partition coefficient (Wildman–Crippen LogP) is 1.03. The third-order valence-electron chi connectivity index (χ3n) is 3.86. The molecule has 1 aromatic carbocycles. The summed E-state index contributed by atoms with van der Waals surface area (Å²) in [7, 11) is -1.41. The molecule has 1 aliphatic rings. The first kappa shape index (κ1) is 16.0. The molecule has 1 aliphatic carbocycles. The number of aliphatic hydroxyl groups is 1. The lowest BCUT2D eigenvalue weighted by molar-refractivity contribution is 0.0291. The van der Waals surface area contributed by atoms with Crippen molar-refractivity contribution in [3.63, 3.8) is 0 Å². The molecule has 0 bridgehead atoms. The molecule has 0 amide bonds. The number of aliphatic hydroxyl groups excluding tert-OH is 1. The van der Waals surface area contributed by atoms with Gasteiger partial charge in [0.05, 0.1) is 28.4 Å². The molecule has 1 N–H and O–H groups in total. The SMILES string of the molecule is CN(CCS(=O)(=O)c1ccc(C#N)cc1)CC1CC(O)C1. The fraction of sp³-hybridized carbons (Fsp3) is 0.533. The van der Waals surface area contributed by atoms with E-state index < -0.39 is 9.84 Å². The largest absolute Gasteiger partial charge is 0.393 e. The smallest absolute Gasteiger partial charge is 0.179 e. The molecule has 0 aliphatic heterocycles. The van der Waals surface area contributed by atoms with Gasteiger partial charge in [-0.25, -0.2) is 8.42 Å². The van der Waals surface area contributed by atoms with Crippen molar-refractivity contribution in [2.24, 2.45) is 5.92 Å². The zero-order chi connectivity index (χ0) is 15.5. The normalized spacial score (nSPS) is 21.8. The van der Waals surface area contributed by atoms with E-state index in [-0.39, 0.29) is 16.8 Å². The number of nitriles is 1. The Morgan fingerprint density at radius 3 is 2.48 bits per heavy atom. The molecule has 21 heavy (non-hydrogen) atoms. The summed E-state index contributed by atoms with van der Waals surface area (Å²) in [6.45, 7) is 1.29. The summed E-state index contributed by atoms with van der Waals surface area (Å²) in [5.74, 6) is 0.535. The first-order valence-corrected chi connectivity index (χ1v) is 8.65. The molecule has 0 unspecified atom stereocenters. The van der Waals surface area contributed by atoms with Crippen molar-refractivity contribution in [3.8, 4) is 6.07 Å². The average molecular weight is 308 g/mol. The Morgan fingerprint density at radius 2 is 1.95 bits per heavy atom. The Morgan fingerprint density at radius 1 is 1.33 bits per heavy atom. The number of sulfone groups is 1. The van der Waals surface area contributed by atoms with Crippen LogP contribution < -0.4 is 0 Å². The van der Waals surface area contributed by atoms with E-state index in [4.69, 9.17) is 5.26 Å². The van der Waals surface area contributed by atoms with Crippen molar-refractivity contribution in [3.05, 3.63) is 29.8 Å². The van der Waals surface area contributed by atoms with Gasteiger partial charge >= 0.3 is 0 Å². The number of rotatable bonds is 6. The highest BCUT2D eigenvalue weighted by molar-refractivity contribution is 7.91. The standard InChI is InChI=1S/C15H20N2O3S/c1-17(11-13-8-14(18)9-13)6-7-21(19,20)15-4-2-12(10-16)3-5-15/h2-5,13-14,18H,6-9,11H2,1H3. The van der Waals surface area contributed by atoms with Gasteiger partial charge in [-0.3, -0.25) is 0 Å². The molecular formula is C15H20N2O3S. The van der Waals surface area contributed by atoms with Crippen LogP contribution in [-0.2, 0) is 9.84 Å². The van der Waals surface area contributed by atoms with Crippen molar-refractivity contribution in [1.29, 1.82) is 5.26 Å². The Hall–Kier alpha value is -1.42. The van der Waals surface area contributed by atoms with Crippen molar-refractivity contribution in [2.45, 2.75) is 23.8 Å². The van der Waals surface area contributed by atoms with Gasteiger partial charge in [-0.2, -0.15) is 5.26 Å². The van der Waals surface area contributed by atoms with Crippen LogP contribution in [0.5, 0.6) is 0 Å². The Balaban J connectivity index is 1.87. The van der Waals surface area contributed by atoms with Crippen molar-refractivity contribution in [2.75, 3.05) is 25.9 Å². The second kappa shape index (κ2) is 6.56. The van der Waals surface area contributed by atoms with E-state index >= 15 is 0 Å². The fourth-order valence-corrected chi connectivity index (χ4v) is 3.85. The molecule has 0 atom stereocenters. The molecule has 5 nitrogen and oxygen atoms in total. The molecule has 0 spiro atoms. The monoisotopic (exact) mass is 308 g/mol. The molecule has 0 saturated heterocycles. The average Bonchev–Trinajstić information content (AvgIpc) is 2.44. The van der Waals surface area contributed by atoms with Crippen molar-refractivity contribution < 1.29 is 13.5 Å². The van der Waals surface area contributed by atoms with Gasteiger partial charge in [0.25, 0.3) is 0 Å². The summed E-state index contributed by atoms with van der Waals surface area (Å²) in [5, 5.41) is 18.0. The third kappa shape index (κ3) is 4.27. The van der Waals surface area contributed by atoms with Crippen molar-refractivity contribution >= 4 is 9.84 Å². The predicted molar refractivity (Wildman–Crippen MR) is 79.4 cm³/mol. The van der Waals surface area contributed by atoms with E-state index in [1.54, 1.807) is 0 Å². The van der Waals surface area contributed by atoms with Crippen molar-refractivity contribution in [1.82, 2.24) is 4.90 Å². The van der Waals surface area contributed by atoms with Gasteiger partial charge < -0.3 is 10.0 Å². The molecule has 0 aromatic heterocycles. The van der Waals surface area contributed by atoms with Gasteiger partial charge in [0.2, 0.25) is 0 Å². The molecule has 1 fully saturated rings. The summed E-state index contributed by atoms with van der Waals surface area (Å²) in [5.41, 5.74) is 0.453. The minimum Gasteiger partial charge on any atom is -0.393 e. The van der Waals surface area contributed by atoms with Crippen LogP contribution in [-0.4, -0.2) is 50.4 Å². The first-order valence-electron chi connectivity index (χ1n) is 7.00.